The zero-order chi connectivity index (χ0) is 19.8. The number of anilines is 1. The normalized spacial score (nSPS) is 10.9. The van der Waals surface area contributed by atoms with Crippen molar-refractivity contribution in [2.24, 2.45) is 0 Å². The predicted molar refractivity (Wildman–Crippen MR) is 107 cm³/mol. The van der Waals surface area contributed by atoms with E-state index in [1.165, 1.54) is 10.9 Å². The molecule has 0 saturated carbocycles. The number of halogens is 1. The number of hydrogen-bond acceptors (Lipinski definition) is 4. The summed E-state index contributed by atoms with van der Waals surface area (Å²) in [6.45, 7) is 1.96. The molecular weight excluding hydrogens is 380 g/mol. The lowest BCUT2D eigenvalue weighted by molar-refractivity contribution is 0.102. The molecule has 2 aromatic heterocycles. The van der Waals surface area contributed by atoms with Gasteiger partial charge in [-0.25, -0.2) is 4.68 Å². The highest BCUT2D eigenvalue weighted by Crippen LogP contribution is 2.27. The highest BCUT2D eigenvalue weighted by Gasteiger charge is 2.22. The second kappa shape index (κ2) is 6.86. The van der Waals surface area contributed by atoms with Gasteiger partial charge in [0.15, 0.2) is 0 Å². The molecule has 0 bridgehead atoms. The SMILES string of the molecule is Cc1ccc(-n2ncc3c(O)c(C(=O)Nc4cccc(Cl)c4)c(=O)[nH]c32)cc1. The fourth-order valence-electron chi connectivity index (χ4n) is 2.91. The molecule has 140 valence electrons. The number of nitrogens with one attached hydrogen (secondary N) is 2. The second-order valence-electron chi connectivity index (χ2n) is 6.30. The molecule has 0 saturated heterocycles. The van der Waals surface area contributed by atoms with E-state index in [1.54, 1.807) is 24.3 Å². The Bertz CT molecular complexity index is 1260. The quantitative estimate of drug-likeness (QED) is 0.494. The van der Waals surface area contributed by atoms with Gasteiger partial charge >= 0.3 is 0 Å². The maximum Gasteiger partial charge on any atom is 0.266 e. The van der Waals surface area contributed by atoms with Crippen molar-refractivity contribution in [3.05, 3.63) is 81.2 Å². The van der Waals surface area contributed by atoms with E-state index in [0.717, 1.165) is 5.56 Å². The first-order chi connectivity index (χ1) is 13.4. The van der Waals surface area contributed by atoms with Crippen LogP contribution in [-0.2, 0) is 0 Å². The maximum atomic E-state index is 12.6. The van der Waals surface area contributed by atoms with Gasteiger partial charge in [-0.15, -0.1) is 0 Å². The molecule has 4 rings (SSSR count). The van der Waals surface area contributed by atoms with Crippen molar-refractivity contribution in [2.45, 2.75) is 6.92 Å². The van der Waals surface area contributed by atoms with Gasteiger partial charge in [-0.1, -0.05) is 35.4 Å². The van der Waals surface area contributed by atoms with Gasteiger partial charge in [-0.2, -0.15) is 5.10 Å². The molecule has 3 N–H and O–H groups in total. The topological polar surface area (TPSA) is 100 Å². The molecule has 28 heavy (non-hydrogen) atoms. The molecule has 0 aliphatic heterocycles. The van der Waals surface area contributed by atoms with E-state index in [4.69, 9.17) is 11.6 Å². The van der Waals surface area contributed by atoms with E-state index in [9.17, 15) is 14.7 Å². The van der Waals surface area contributed by atoms with Crippen molar-refractivity contribution in [2.75, 3.05) is 5.32 Å². The number of hydrogen-bond donors (Lipinski definition) is 3. The number of rotatable bonds is 3. The molecule has 0 aliphatic carbocycles. The average molecular weight is 395 g/mol. The molecule has 7 nitrogen and oxygen atoms in total. The molecule has 0 unspecified atom stereocenters. The van der Waals surface area contributed by atoms with E-state index >= 15 is 0 Å². The Morgan fingerprint density at radius 3 is 2.68 bits per heavy atom. The summed E-state index contributed by atoms with van der Waals surface area (Å²) in [7, 11) is 0. The molecule has 1 amide bonds. The fourth-order valence-corrected chi connectivity index (χ4v) is 3.10. The number of H-pyrrole nitrogens is 1. The highest BCUT2D eigenvalue weighted by molar-refractivity contribution is 6.31. The van der Waals surface area contributed by atoms with E-state index < -0.39 is 22.8 Å². The van der Waals surface area contributed by atoms with Crippen molar-refractivity contribution in [3.8, 4) is 11.4 Å². The average Bonchev–Trinajstić information content (AvgIpc) is 3.06. The lowest BCUT2D eigenvalue weighted by Crippen LogP contribution is -2.23. The highest BCUT2D eigenvalue weighted by atomic mass is 35.5. The number of aromatic hydroxyl groups is 1. The molecule has 0 radical (unpaired) electrons. The smallest absolute Gasteiger partial charge is 0.266 e. The Balaban J connectivity index is 1.78. The number of benzene rings is 2. The molecular formula is C20H15ClN4O3. The number of pyridine rings is 1. The largest absolute Gasteiger partial charge is 0.506 e. The minimum Gasteiger partial charge on any atom is -0.506 e. The third-order valence-electron chi connectivity index (χ3n) is 4.31. The number of amides is 1. The van der Waals surface area contributed by atoms with Crippen molar-refractivity contribution >= 4 is 34.2 Å². The fraction of sp³-hybridized carbons (Fsp3) is 0.0500. The lowest BCUT2D eigenvalue weighted by Gasteiger charge is -2.08. The van der Waals surface area contributed by atoms with Crippen molar-refractivity contribution in [1.82, 2.24) is 14.8 Å². The van der Waals surface area contributed by atoms with Crippen molar-refractivity contribution in [3.63, 3.8) is 0 Å². The first-order valence-corrected chi connectivity index (χ1v) is 8.79. The van der Waals surface area contributed by atoms with Crippen LogP contribution in [0.4, 0.5) is 5.69 Å². The summed E-state index contributed by atoms with van der Waals surface area (Å²) in [6.07, 6.45) is 1.40. The minimum atomic E-state index is -0.744. The zero-order valence-electron chi connectivity index (χ0n) is 14.7. The van der Waals surface area contributed by atoms with E-state index in [1.807, 2.05) is 31.2 Å². The van der Waals surface area contributed by atoms with Crippen LogP contribution in [0.15, 0.2) is 59.5 Å². The van der Waals surface area contributed by atoms with Crippen LogP contribution in [0.1, 0.15) is 15.9 Å². The first kappa shape index (κ1) is 17.8. The Morgan fingerprint density at radius 2 is 1.96 bits per heavy atom. The Labute approximate surface area is 164 Å². The standard InChI is InChI=1S/C20H15ClN4O3/c1-11-5-7-14(8-6-11)25-18-15(10-22-25)17(26)16(20(28)24-18)19(27)23-13-4-2-3-12(21)9-13/h2-10H,1H3,(H,23,27)(H2,24,26,28). The summed E-state index contributed by atoms with van der Waals surface area (Å²) in [6, 6.07) is 14.0. The summed E-state index contributed by atoms with van der Waals surface area (Å²) in [5, 5.41) is 18.1. The summed E-state index contributed by atoms with van der Waals surface area (Å²) >= 11 is 5.91. The maximum absolute atomic E-state index is 12.6. The van der Waals surface area contributed by atoms with Gasteiger partial charge in [0.25, 0.3) is 11.5 Å². The molecule has 8 heteroatoms. The van der Waals surface area contributed by atoms with Crippen LogP contribution < -0.4 is 10.9 Å². The van der Waals surface area contributed by atoms with Crippen LogP contribution in [0.5, 0.6) is 5.75 Å². The third-order valence-corrected chi connectivity index (χ3v) is 4.54. The number of aryl methyl sites for hydroxylation is 1. The monoisotopic (exact) mass is 394 g/mol. The van der Waals surface area contributed by atoms with Crippen LogP contribution in [-0.4, -0.2) is 25.8 Å². The summed E-state index contributed by atoms with van der Waals surface area (Å²) < 4.78 is 1.49. The number of fused-ring (bicyclic) bond motifs is 1. The number of carbonyl (C=O) groups is 1. The Hall–Kier alpha value is -3.58. The number of aromatic amines is 1. The lowest BCUT2D eigenvalue weighted by atomic mass is 10.2. The Morgan fingerprint density at radius 1 is 1.21 bits per heavy atom. The van der Waals surface area contributed by atoms with Gasteiger partial charge in [-0.05, 0) is 37.3 Å². The predicted octanol–water partition coefficient (Wildman–Crippen LogP) is 3.63. The molecule has 2 aromatic carbocycles. The van der Waals surface area contributed by atoms with Crippen LogP contribution in [0.25, 0.3) is 16.7 Å². The minimum absolute atomic E-state index is 0.261. The van der Waals surface area contributed by atoms with Gasteiger partial charge in [0, 0.05) is 10.7 Å². The van der Waals surface area contributed by atoms with Crippen LogP contribution in [0, 0.1) is 6.92 Å². The van der Waals surface area contributed by atoms with Gasteiger partial charge in [-0.3, -0.25) is 9.59 Å². The zero-order valence-corrected chi connectivity index (χ0v) is 15.5. The van der Waals surface area contributed by atoms with E-state index in [-0.39, 0.29) is 5.39 Å². The first-order valence-electron chi connectivity index (χ1n) is 8.41. The molecule has 0 atom stereocenters. The summed E-state index contributed by atoms with van der Waals surface area (Å²) in [5.74, 6) is -1.18. The van der Waals surface area contributed by atoms with Gasteiger partial charge in [0.2, 0.25) is 0 Å². The second-order valence-corrected chi connectivity index (χ2v) is 6.73. The number of nitrogens with zero attached hydrogens (tertiary/aromatic N) is 2. The molecule has 2 heterocycles. The molecule has 0 spiro atoms. The van der Waals surface area contributed by atoms with Gasteiger partial charge in [0.1, 0.15) is 17.0 Å². The Kier molecular flexibility index (Phi) is 4.37. The van der Waals surface area contributed by atoms with Gasteiger partial charge < -0.3 is 15.4 Å². The molecule has 4 aromatic rings. The number of aromatic nitrogens is 3. The van der Waals surface area contributed by atoms with E-state index in [2.05, 4.69) is 15.4 Å². The van der Waals surface area contributed by atoms with Crippen molar-refractivity contribution < 1.29 is 9.90 Å². The third kappa shape index (κ3) is 3.12. The van der Waals surface area contributed by atoms with Crippen molar-refractivity contribution in [1.29, 1.82) is 0 Å². The molecule has 0 fully saturated rings. The van der Waals surface area contributed by atoms with Crippen LogP contribution in [0.2, 0.25) is 5.02 Å². The summed E-state index contributed by atoms with van der Waals surface area (Å²) in [5.41, 5.74) is 1.38. The van der Waals surface area contributed by atoms with Gasteiger partial charge in [0.05, 0.1) is 17.3 Å². The summed E-state index contributed by atoms with van der Waals surface area (Å²) in [4.78, 5) is 27.7. The number of carbonyl (C=O) groups excluding carboxylic acids is 1. The van der Waals surface area contributed by atoms with Crippen LogP contribution >= 0.6 is 11.6 Å². The van der Waals surface area contributed by atoms with E-state index in [0.29, 0.717) is 22.0 Å². The molecule has 0 aliphatic rings. The van der Waals surface area contributed by atoms with Crippen LogP contribution in [0.3, 0.4) is 0 Å².